The molecule has 0 aliphatic carbocycles. The number of benzene rings is 3. The molecule has 1 N–H and O–H groups in total. The number of carbonyl (C=O) groups excluding carboxylic acids is 1. The molecular formula is C37H47IrN2O2-. The van der Waals surface area contributed by atoms with Gasteiger partial charge in [0.15, 0.2) is 5.78 Å². The zero-order valence-corrected chi connectivity index (χ0v) is 29.2. The molecule has 0 saturated carbocycles. The number of carbonyl (C=O) groups is 1. The normalized spacial score (nSPS) is 12.2. The first-order chi connectivity index (χ1) is 19.4. The molecule has 227 valence electrons. The third-order valence-corrected chi connectivity index (χ3v) is 9.01. The number of ketones is 1. The quantitative estimate of drug-likeness (QED) is 0.0803. The Labute approximate surface area is 266 Å². The molecule has 1 radical (unpaired) electrons. The Morgan fingerprint density at radius 2 is 1.45 bits per heavy atom. The number of allylic oxidation sites excluding steroid dienone is 2. The van der Waals surface area contributed by atoms with E-state index in [0.717, 1.165) is 53.7 Å². The number of fused-ring (bicyclic) bond motifs is 3. The van der Waals surface area contributed by atoms with Gasteiger partial charge >= 0.3 is 0 Å². The zero-order valence-electron chi connectivity index (χ0n) is 26.8. The van der Waals surface area contributed by atoms with Gasteiger partial charge in [-0.2, -0.15) is 0 Å². The Morgan fingerprint density at radius 1 is 0.881 bits per heavy atom. The van der Waals surface area contributed by atoms with Gasteiger partial charge in [-0.15, -0.1) is 35.9 Å². The van der Waals surface area contributed by atoms with Crippen LogP contribution in [0.25, 0.3) is 32.9 Å². The topological polar surface area (TPSA) is 63.1 Å². The molecule has 0 amide bonds. The fraction of sp³-hybridized carbons (Fsp3) is 0.432. The van der Waals surface area contributed by atoms with Crippen molar-refractivity contribution in [3.8, 4) is 11.3 Å². The second-order valence-electron chi connectivity index (χ2n) is 11.9. The molecule has 1 aromatic heterocycles. The summed E-state index contributed by atoms with van der Waals surface area (Å²) in [7, 11) is 0. The van der Waals surface area contributed by atoms with Crippen LogP contribution in [0.2, 0.25) is 0 Å². The number of aromatic nitrogens is 2. The number of rotatable bonds is 9. The summed E-state index contributed by atoms with van der Waals surface area (Å²) in [5, 5.41) is 13.7. The first-order valence-corrected chi connectivity index (χ1v) is 15.1. The summed E-state index contributed by atoms with van der Waals surface area (Å²) in [5.74, 6) is 1.44. The van der Waals surface area contributed by atoms with Gasteiger partial charge in [-0.3, -0.25) is 9.78 Å². The Kier molecular flexibility index (Phi) is 12.6. The molecular weight excluding hydrogens is 697 g/mol. The maximum Gasteiger partial charge on any atom is 0.164 e. The van der Waals surface area contributed by atoms with Crippen molar-refractivity contribution in [2.24, 2.45) is 10.8 Å². The van der Waals surface area contributed by atoms with Crippen LogP contribution in [0, 0.1) is 23.8 Å². The van der Waals surface area contributed by atoms with Crippen molar-refractivity contribution in [3.05, 3.63) is 83.9 Å². The maximum atomic E-state index is 12.2. The van der Waals surface area contributed by atoms with Gasteiger partial charge in [0.2, 0.25) is 0 Å². The van der Waals surface area contributed by atoms with Gasteiger partial charge in [-0.25, -0.2) is 4.98 Å². The van der Waals surface area contributed by atoms with Gasteiger partial charge in [0.25, 0.3) is 0 Å². The molecule has 4 nitrogen and oxygen atoms in total. The largest absolute Gasteiger partial charge is 0.512 e. The van der Waals surface area contributed by atoms with E-state index >= 15 is 0 Å². The second kappa shape index (κ2) is 15.0. The Morgan fingerprint density at radius 3 is 1.98 bits per heavy atom. The average molecular weight is 744 g/mol. The van der Waals surface area contributed by atoms with Crippen molar-refractivity contribution in [3.63, 3.8) is 0 Å². The van der Waals surface area contributed by atoms with Crippen molar-refractivity contribution in [2.75, 3.05) is 0 Å². The number of aliphatic hydroxyl groups is 1. The molecule has 4 aromatic rings. The van der Waals surface area contributed by atoms with Crippen LogP contribution in [-0.4, -0.2) is 20.9 Å². The van der Waals surface area contributed by atoms with E-state index in [9.17, 15) is 9.90 Å². The van der Waals surface area contributed by atoms with Crippen LogP contribution in [0.15, 0.2) is 66.4 Å². The average Bonchev–Trinajstić information content (AvgIpc) is 3.00. The molecule has 5 heteroatoms. The summed E-state index contributed by atoms with van der Waals surface area (Å²) in [5.41, 5.74) is 3.66. The van der Waals surface area contributed by atoms with Gasteiger partial charge in [0.05, 0.1) is 5.52 Å². The molecule has 0 aliphatic rings. The van der Waals surface area contributed by atoms with E-state index in [1.165, 1.54) is 22.4 Å². The molecule has 0 atom stereocenters. The molecule has 0 unspecified atom stereocenters. The van der Waals surface area contributed by atoms with Crippen LogP contribution in [0.4, 0.5) is 0 Å². The fourth-order valence-electron chi connectivity index (χ4n) is 4.84. The predicted molar refractivity (Wildman–Crippen MR) is 173 cm³/mol. The second-order valence-corrected chi connectivity index (χ2v) is 11.9. The molecule has 0 spiro atoms. The van der Waals surface area contributed by atoms with E-state index in [-0.39, 0.29) is 48.4 Å². The third-order valence-electron chi connectivity index (χ3n) is 9.01. The van der Waals surface area contributed by atoms with Crippen LogP contribution in [0.5, 0.6) is 0 Å². The maximum absolute atomic E-state index is 12.2. The monoisotopic (exact) mass is 744 g/mol. The predicted octanol–water partition coefficient (Wildman–Crippen LogP) is 10.3. The van der Waals surface area contributed by atoms with E-state index in [4.69, 9.17) is 9.97 Å². The van der Waals surface area contributed by atoms with Gasteiger partial charge in [-0.1, -0.05) is 85.7 Å². The van der Waals surface area contributed by atoms with Crippen LogP contribution in [0.3, 0.4) is 0 Å². The minimum Gasteiger partial charge on any atom is -0.512 e. The van der Waals surface area contributed by atoms with Crippen LogP contribution in [0.1, 0.15) is 98.4 Å². The summed E-state index contributed by atoms with van der Waals surface area (Å²) in [6.07, 6.45) is 4.75. The van der Waals surface area contributed by atoms with Crippen molar-refractivity contribution < 1.29 is 30.0 Å². The van der Waals surface area contributed by atoms with Crippen LogP contribution >= 0.6 is 0 Å². The summed E-state index contributed by atoms with van der Waals surface area (Å²) >= 11 is 0. The molecule has 0 fully saturated rings. The standard InChI is InChI=1S/C22H19N2.C15H28O2.Ir/c1-14(2)22-23-20(16-9-5-4-6-10-16)19-13-15(3)17-11-7-8-12-18(17)21(19)24-22;1-7-14(5,8-2)12(16)11-13(17)15(6,9-3)10-4;/h4-9,11-14H,1-3H3;11,16H,7-10H2,1-6H3;/q-1;;/b;12-11-;. The molecule has 0 saturated heterocycles. The van der Waals surface area contributed by atoms with Gasteiger partial charge < -0.3 is 5.11 Å². The molecule has 1 heterocycles. The summed E-state index contributed by atoms with van der Waals surface area (Å²) in [6.45, 7) is 18.5. The van der Waals surface area contributed by atoms with E-state index < -0.39 is 0 Å². The van der Waals surface area contributed by atoms with E-state index in [1.54, 1.807) is 0 Å². The number of hydrogen-bond acceptors (Lipinski definition) is 4. The summed E-state index contributed by atoms with van der Waals surface area (Å²) < 4.78 is 0. The number of aryl methyl sites for hydroxylation is 1. The van der Waals surface area contributed by atoms with Crippen molar-refractivity contribution in [2.45, 2.75) is 93.9 Å². The van der Waals surface area contributed by atoms with Gasteiger partial charge in [-0.05, 0) is 54.6 Å². The first-order valence-electron chi connectivity index (χ1n) is 15.1. The minimum absolute atomic E-state index is 0. The number of nitrogens with zero attached hydrogens (tertiary/aromatic N) is 2. The smallest absolute Gasteiger partial charge is 0.164 e. The van der Waals surface area contributed by atoms with Crippen LogP contribution < -0.4 is 0 Å². The van der Waals surface area contributed by atoms with Gasteiger partial charge in [0, 0.05) is 48.3 Å². The first kappa shape index (κ1) is 35.3. The Bertz CT molecular complexity index is 1520. The van der Waals surface area contributed by atoms with E-state index in [1.807, 2.05) is 59.7 Å². The Balaban J connectivity index is 0.000000307. The third kappa shape index (κ3) is 7.54. The van der Waals surface area contributed by atoms with Crippen molar-refractivity contribution >= 4 is 27.5 Å². The van der Waals surface area contributed by atoms with Crippen molar-refractivity contribution in [1.82, 2.24) is 9.97 Å². The van der Waals surface area contributed by atoms with E-state index in [0.29, 0.717) is 0 Å². The van der Waals surface area contributed by atoms with Crippen molar-refractivity contribution in [1.29, 1.82) is 0 Å². The molecule has 3 aromatic carbocycles. The number of hydrogen-bond donors (Lipinski definition) is 1. The molecule has 4 rings (SSSR count). The number of aliphatic hydroxyl groups excluding tert-OH is 1. The SMILES string of the molecule is CCC(C)(CC)C(=O)/C=C(\O)C(C)(CC)CC.Cc1cc2c(-c3[c-]cccc3)nc(C(C)C)nc2c2ccccc12.[Ir]. The summed E-state index contributed by atoms with van der Waals surface area (Å²) in [6, 6.07) is 22.0. The Hall–Kier alpha value is -2.88. The fourth-order valence-corrected chi connectivity index (χ4v) is 4.84. The summed E-state index contributed by atoms with van der Waals surface area (Å²) in [4.78, 5) is 22.0. The molecule has 0 aliphatic heterocycles. The van der Waals surface area contributed by atoms with Gasteiger partial charge in [0.1, 0.15) is 11.6 Å². The molecule has 0 bridgehead atoms. The van der Waals surface area contributed by atoms with Crippen LogP contribution in [-0.2, 0) is 24.9 Å². The van der Waals surface area contributed by atoms with E-state index in [2.05, 4.69) is 63.2 Å². The zero-order chi connectivity index (χ0) is 30.4. The molecule has 42 heavy (non-hydrogen) atoms. The minimum atomic E-state index is -0.337.